The van der Waals surface area contributed by atoms with Crippen molar-refractivity contribution in [2.24, 2.45) is 11.3 Å². The molecule has 0 aromatic rings. The van der Waals surface area contributed by atoms with Gasteiger partial charge in [-0.25, -0.2) is 0 Å². The molecule has 0 saturated carbocycles. The van der Waals surface area contributed by atoms with Crippen molar-refractivity contribution in [2.75, 3.05) is 0 Å². The van der Waals surface area contributed by atoms with Crippen LogP contribution in [0, 0.1) is 17.0 Å². The fourth-order valence-electron chi connectivity index (χ4n) is 1.31. The molecule has 0 aliphatic rings. The predicted octanol–water partition coefficient (Wildman–Crippen LogP) is 3.70. The van der Waals surface area contributed by atoms with Crippen molar-refractivity contribution in [3.05, 3.63) is 0 Å². The Kier molecular flexibility index (Phi) is 4.81. The van der Waals surface area contributed by atoms with Crippen LogP contribution in [0.2, 0.25) is 0 Å². The van der Waals surface area contributed by atoms with Crippen LogP contribution >= 0.6 is 7.92 Å². The first-order valence-electron chi connectivity index (χ1n) is 4.01. The Labute approximate surface area is 70.7 Å². The van der Waals surface area contributed by atoms with Gasteiger partial charge in [-0.2, -0.15) is 0 Å². The maximum absolute atomic E-state index is 10.1. The summed E-state index contributed by atoms with van der Waals surface area (Å²) in [6.07, 6.45) is 2.00. The van der Waals surface area contributed by atoms with Crippen molar-refractivity contribution in [1.29, 1.82) is 0 Å². The van der Waals surface area contributed by atoms with E-state index in [1.54, 1.807) is 0 Å². The van der Waals surface area contributed by atoms with Crippen LogP contribution in [-0.4, -0.2) is 0 Å². The molecule has 0 bridgehead atoms. The van der Waals surface area contributed by atoms with Gasteiger partial charge in [0.15, 0.2) is 0 Å². The van der Waals surface area contributed by atoms with Gasteiger partial charge in [0, 0.05) is 0 Å². The first kappa shape index (κ1) is 11.0. The summed E-state index contributed by atoms with van der Waals surface area (Å²) in [7, 11) is 0.0465. The molecule has 64 valence electrons. The van der Waals surface area contributed by atoms with Gasteiger partial charge < -0.3 is 0 Å². The van der Waals surface area contributed by atoms with E-state index in [9.17, 15) is 4.57 Å². The molecule has 0 aromatic carbocycles. The fourth-order valence-corrected chi connectivity index (χ4v) is 1.70. The Hall–Kier alpha value is 0.01000. The van der Waals surface area contributed by atoms with E-state index >= 15 is 0 Å². The minimum atomic E-state index is 0.0465. The Morgan fingerprint density at radius 2 is 2.00 bits per heavy atom. The first-order chi connectivity index (χ1) is 4.95. The van der Waals surface area contributed by atoms with Gasteiger partial charge in [-0.3, -0.25) is 0 Å². The van der Waals surface area contributed by atoms with E-state index < -0.39 is 0 Å². The molecule has 1 unspecified atom stereocenters. The SMILES string of the molecule is CC(CC#P=O)CC(C)(C)C. The molecular formula is C9H17OP. The number of hydrogen-bond acceptors (Lipinski definition) is 1. The zero-order valence-corrected chi connectivity index (χ0v) is 8.74. The second-order valence-corrected chi connectivity index (χ2v) is 4.82. The summed E-state index contributed by atoms with van der Waals surface area (Å²) >= 11 is 0. The molecule has 2 heteroatoms. The molecule has 0 fully saturated rings. The number of rotatable bonds is 2. The average Bonchev–Trinajstić information content (AvgIpc) is 1.79. The normalized spacial score (nSPS) is 13.8. The fraction of sp³-hybridized carbons (Fsp3) is 0.889. The van der Waals surface area contributed by atoms with E-state index in [0.717, 1.165) is 12.8 Å². The van der Waals surface area contributed by atoms with Crippen LogP contribution in [0.5, 0.6) is 0 Å². The first-order valence-corrected chi connectivity index (χ1v) is 4.82. The van der Waals surface area contributed by atoms with Gasteiger partial charge in [-0.15, -0.1) is 0 Å². The molecule has 0 aliphatic carbocycles. The molecule has 0 aromatic heterocycles. The number of hydrogen-bond donors (Lipinski definition) is 0. The molecule has 0 heterocycles. The van der Waals surface area contributed by atoms with Crippen molar-refractivity contribution >= 4 is 7.92 Å². The topological polar surface area (TPSA) is 17.1 Å². The van der Waals surface area contributed by atoms with Crippen molar-refractivity contribution in [3.63, 3.8) is 0 Å². The molecule has 11 heavy (non-hydrogen) atoms. The zero-order valence-electron chi connectivity index (χ0n) is 7.85. The van der Waals surface area contributed by atoms with Crippen molar-refractivity contribution in [2.45, 2.75) is 40.5 Å². The van der Waals surface area contributed by atoms with Gasteiger partial charge in [-0.1, -0.05) is 0 Å². The van der Waals surface area contributed by atoms with Crippen molar-refractivity contribution < 1.29 is 4.57 Å². The van der Waals surface area contributed by atoms with Gasteiger partial charge in [0.2, 0.25) is 0 Å². The summed E-state index contributed by atoms with van der Waals surface area (Å²) in [4.78, 5) is 0. The van der Waals surface area contributed by atoms with Crippen LogP contribution < -0.4 is 0 Å². The van der Waals surface area contributed by atoms with Crippen LogP contribution in [0.15, 0.2) is 0 Å². The second-order valence-electron chi connectivity index (χ2n) is 4.32. The van der Waals surface area contributed by atoms with Crippen LogP contribution in [0.1, 0.15) is 40.5 Å². The summed E-state index contributed by atoms with van der Waals surface area (Å²) in [6.45, 7) is 8.83. The average molecular weight is 172 g/mol. The Bertz CT molecular complexity index is 195. The van der Waals surface area contributed by atoms with E-state index in [1.165, 1.54) is 0 Å². The minimum absolute atomic E-state index is 0.0465. The summed E-state index contributed by atoms with van der Waals surface area (Å²) in [5.41, 5.74) is 3.16. The second kappa shape index (κ2) is 4.80. The monoisotopic (exact) mass is 172 g/mol. The summed E-state index contributed by atoms with van der Waals surface area (Å²) in [5.74, 6) is 0.594. The van der Waals surface area contributed by atoms with Crippen molar-refractivity contribution in [1.82, 2.24) is 0 Å². The summed E-state index contributed by atoms with van der Waals surface area (Å²) in [5, 5.41) is 0. The summed E-state index contributed by atoms with van der Waals surface area (Å²) in [6, 6.07) is 0. The van der Waals surface area contributed by atoms with Crippen LogP contribution in [0.4, 0.5) is 0 Å². The standard InChI is InChI=1S/C9H17OP/c1-8(5-6-11-10)7-9(2,3)4/h8H,5,7H2,1-4H3. The molecule has 1 atom stereocenters. The Balaban J connectivity index is 3.75. The predicted molar refractivity (Wildman–Crippen MR) is 49.3 cm³/mol. The van der Waals surface area contributed by atoms with Gasteiger partial charge in [0.05, 0.1) is 0 Å². The van der Waals surface area contributed by atoms with Gasteiger partial charge >= 0.3 is 70.0 Å². The van der Waals surface area contributed by atoms with Crippen LogP contribution in [-0.2, 0) is 4.57 Å². The Morgan fingerprint density at radius 3 is 2.36 bits per heavy atom. The van der Waals surface area contributed by atoms with E-state index in [4.69, 9.17) is 0 Å². The molecule has 0 aliphatic heterocycles. The Morgan fingerprint density at radius 1 is 1.45 bits per heavy atom. The van der Waals surface area contributed by atoms with E-state index in [-0.39, 0.29) is 7.92 Å². The van der Waals surface area contributed by atoms with Crippen LogP contribution in [0.3, 0.4) is 0 Å². The maximum atomic E-state index is 10.1. The third-order valence-electron chi connectivity index (χ3n) is 1.47. The summed E-state index contributed by atoms with van der Waals surface area (Å²) < 4.78 is 10.1. The molecule has 0 rings (SSSR count). The molecule has 0 amide bonds. The van der Waals surface area contributed by atoms with Gasteiger partial charge in [0.25, 0.3) is 0 Å². The zero-order chi connectivity index (χ0) is 8.91. The quantitative estimate of drug-likeness (QED) is 0.580. The van der Waals surface area contributed by atoms with Crippen molar-refractivity contribution in [3.8, 4) is 5.63 Å². The van der Waals surface area contributed by atoms with E-state index in [2.05, 4.69) is 33.3 Å². The molecular weight excluding hydrogens is 155 g/mol. The van der Waals surface area contributed by atoms with Gasteiger partial charge in [0.1, 0.15) is 0 Å². The van der Waals surface area contributed by atoms with Gasteiger partial charge in [-0.05, 0) is 0 Å². The molecule has 0 N–H and O–H groups in total. The molecule has 0 radical (unpaired) electrons. The molecule has 0 saturated heterocycles. The van der Waals surface area contributed by atoms with E-state index in [1.807, 2.05) is 0 Å². The third-order valence-corrected chi connectivity index (χ3v) is 1.78. The molecule has 0 spiro atoms. The third kappa shape index (κ3) is 7.91. The molecule has 1 nitrogen and oxygen atoms in total. The van der Waals surface area contributed by atoms with E-state index in [0.29, 0.717) is 11.3 Å². The van der Waals surface area contributed by atoms with Crippen LogP contribution in [0.25, 0.3) is 0 Å².